The van der Waals surface area contributed by atoms with Gasteiger partial charge in [0.15, 0.2) is 11.7 Å². The van der Waals surface area contributed by atoms with E-state index in [-0.39, 0.29) is 24.0 Å². The highest BCUT2D eigenvalue weighted by molar-refractivity contribution is 5.61. The largest absolute Gasteiger partial charge is 0.422 e. The molecule has 2 aromatic carbocycles. The zero-order valence-corrected chi connectivity index (χ0v) is 23.1. The average Bonchev–Trinajstić information content (AvgIpc) is 2.93. The van der Waals surface area contributed by atoms with Gasteiger partial charge >= 0.3 is 6.18 Å². The molecule has 2 aliphatic carbocycles. The summed E-state index contributed by atoms with van der Waals surface area (Å²) >= 11 is 0. The molecule has 0 amide bonds. The molecule has 0 aliphatic heterocycles. The van der Waals surface area contributed by atoms with Crippen molar-refractivity contribution in [1.29, 1.82) is 0 Å². The highest BCUT2D eigenvalue weighted by atomic mass is 19.4. The van der Waals surface area contributed by atoms with Gasteiger partial charge in [-0.05, 0) is 111 Å². The van der Waals surface area contributed by atoms with Crippen LogP contribution in [0.2, 0.25) is 0 Å². The molecule has 0 heterocycles. The van der Waals surface area contributed by atoms with Crippen molar-refractivity contribution in [1.82, 2.24) is 0 Å². The Morgan fingerprint density at radius 3 is 1.78 bits per heavy atom. The predicted octanol–water partition coefficient (Wildman–Crippen LogP) is 10.8. The zero-order valence-electron chi connectivity index (χ0n) is 23.1. The molecule has 1 nitrogen and oxygen atoms in total. The standard InChI is InChI=1S/C32H36F8O/c1-2-41-18-29(36)31(37)23-13-14-25(26(33)15-23)22-11-7-20(8-12-22)4-3-19-5-9-21(10-6-19)24-16-27(34)30(28(35)17-24)32(38,39)40/h13-17,19-22H,2-12,18H2,1H3. The first-order valence-corrected chi connectivity index (χ1v) is 14.5. The maximum atomic E-state index is 14.8. The Bertz CT molecular complexity index is 1180. The number of rotatable bonds is 9. The van der Waals surface area contributed by atoms with Gasteiger partial charge in [-0.25, -0.2) is 22.0 Å². The Labute approximate surface area is 236 Å². The van der Waals surface area contributed by atoms with Gasteiger partial charge in [0, 0.05) is 12.2 Å². The Kier molecular flexibility index (Phi) is 10.5. The molecule has 0 unspecified atom stereocenters. The van der Waals surface area contributed by atoms with Crippen molar-refractivity contribution >= 4 is 5.83 Å². The molecule has 2 aliphatic rings. The molecule has 0 radical (unpaired) electrons. The summed E-state index contributed by atoms with van der Waals surface area (Å²) < 4.78 is 115. The summed E-state index contributed by atoms with van der Waals surface area (Å²) in [5.74, 6) is -4.97. The molecule has 9 heteroatoms. The Morgan fingerprint density at radius 1 is 0.756 bits per heavy atom. The number of hydrogen-bond donors (Lipinski definition) is 0. The van der Waals surface area contributed by atoms with Gasteiger partial charge in [-0.2, -0.15) is 13.2 Å². The second kappa shape index (κ2) is 13.7. The quantitative estimate of drug-likeness (QED) is 0.265. The third-order valence-corrected chi connectivity index (χ3v) is 8.86. The first kappa shape index (κ1) is 31.5. The van der Waals surface area contributed by atoms with E-state index in [1.165, 1.54) is 6.07 Å². The smallest absolute Gasteiger partial charge is 0.375 e. The predicted molar refractivity (Wildman–Crippen MR) is 142 cm³/mol. The molecule has 0 saturated heterocycles. The van der Waals surface area contributed by atoms with Crippen molar-refractivity contribution in [3.63, 3.8) is 0 Å². The van der Waals surface area contributed by atoms with E-state index in [1.807, 2.05) is 0 Å². The number of alkyl halides is 3. The highest BCUT2D eigenvalue weighted by Crippen LogP contribution is 2.43. The maximum absolute atomic E-state index is 14.8. The van der Waals surface area contributed by atoms with E-state index < -0.39 is 47.5 Å². The summed E-state index contributed by atoms with van der Waals surface area (Å²) in [5.41, 5.74) is -1.15. The Morgan fingerprint density at radius 2 is 1.29 bits per heavy atom. The molecule has 2 aromatic rings. The lowest BCUT2D eigenvalue weighted by atomic mass is 9.73. The molecule has 0 bridgehead atoms. The second-order valence-electron chi connectivity index (χ2n) is 11.5. The minimum Gasteiger partial charge on any atom is -0.375 e. The molecule has 0 N–H and O–H groups in total. The van der Waals surface area contributed by atoms with E-state index in [0.29, 0.717) is 35.8 Å². The van der Waals surface area contributed by atoms with Crippen molar-refractivity contribution in [2.75, 3.05) is 13.2 Å². The highest BCUT2D eigenvalue weighted by Gasteiger charge is 2.38. The van der Waals surface area contributed by atoms with Gasteiger partial charge in [-0.15, -0.1) is 0 Å². The van der Waals surface area contributed by atoms with Gasteiger partial charge in [-0.1, -0.05) is 25.0 Å². The van der Waals surface area contributed by atoms with Gasteiger partial charge in [0.1, 0.15) is 29.6 Å². The maximum Gasteiger partial charge on any atom is 0.422 e. The summed E-state index contributed by atoms with van der Waals surface area (Å²) in [6.07, 6.45) is 3.59. The first-order valence-electron chi connectivity index (χ1n) is 14.5. The van der Waals surface area contributed by atoms with Crippen molar-refractivity contribution in [3.05, 3.63) is 75.9 Å². The van der Waals surface area contributed by atoms with Crippen LogP contribution in [-0.4, -0.2) is 13.2 Å². The van der Waals surface area contributed by atoms with E-state index in [2.05, 4.69) is 0 Å². The van der Waals surface area contributed by atoms with Crippen LogP contribution in [0.15, 0.2) is 36.2 Å². The van der Waals surface area contributed by atoms with Crippen LogP contribution >= 0.6 is 0 Å². The summed E-state index contributed by atoms with van der Waals surface area (Å²) in [6.45, 7) is 1.42. The minimum absolute atomic E-state index is 0.0283. The van der Waals surface area contributed by atoms with Gasteiger partial charge in [0.25, 0.3) is 0 Å². The second-order valence-corrected chi connectivity index (χ2v) is 11.5. The fourth-order valence-corrected chi connectivity index (χ4v) is 6.52. The van der Waals surface area contributed by atoms with Crippen molar-refractivity contribution < 1.29 is 39.9 Å². The van der Waals surface area contributed by atoms with Crippen LogP contribution in [0.4, 0.5) is 35.1 Å². The van der Waals surface area contributed by atoms with Gasteiger partial charge < -0.3 is 4.74 Å². The lowest BCUT2D eigenvalue weighted by Crippen LogP contribution is -2.18. The lowest BCUT2D eigenvalue weighted by molar-refractivity contribution is -0.142. The number of hydrogen-bond acceptors (Lipinski definition) is 1. The van der Waals surface area contributed by atoms with Gasteiger partial charge in [0.2, 0.25) is 0 Å². The fourth-order valence-electron chi connectivity index (χ4n) is 6.52. The van der Waals surface area contributed by atoms with Crippen LogP contribution in [0.25, 0.3) is 5.83 Å². The van der Waals surface area contributed by atoms with Crippen LogP contribution in [0.5, 0.6) is 0 Å². The molecule has 41 heavy (non-hydrogen) atoms. The molecule has 226 valence electrons. The van der Waals surface area contributed by atoms with Crippen molar-refractivity contribution in [3.8, 4) is 0 Å². The monoisotopic (exact) mass is 588 g/mol. The topological polar surface area (TPSA) is 9.23 Å². The van der Waals surface area contributed by atoms with E-state index in [9.17, 15) is 35.1 Å². The normalized spacial score (nSPS) is 24.3. The van der Waals surface area contributed by atoms with Crippen molar-refractivity contribution in [2.45, 2.75) is 89.1 Å². The van der Waals surface area contributed by atoms with Crippen LogP contribution < -0.4 is 0 Å². The van der Waals surface area contributed by atoms with Crippen molar-refractivity contribution in [2.24, 2.45) is 11.8 Å². The summed E-state index contributed by atoms with van der Waals surface area (Å²) in [5, 5.41) is 0. The van der Waals surface area contributed by atoms with E-state index in [0.717, 1.165) is 69.6 Å². The molecule has 0 spiro atoms. The van der Waals surface area contributed by atoms with Gasteiger partial charge in [-0.3, -0.25) is 0 Å². The average molecular weight is 589 g/mol. The summed E-state index contributed by atoms with van der Waals surface area (Å²) in [7, 11) is 0. The van der Waals surface area contributed by atoms with Crippen LogP contribution in [0.3, 0.4) is 0 Å². The molecule has 4 rings (SSSR count). The van der Waals surface area contributed by atoms with Crippen LogP contribution in [0.1, 0.15) is 105 Å². The molecule has 2 fully saturated rings. The Hall–Kier alpha value is -2.42. The Balaban J connectivity index is 1.23. The molecule has 0 atom stereocenters. The first-order chi connectivity index (χ1) is 19.5. The third kappa shape index (κ3) is 7.90. The summed E-state index contributed by atoms with van der Waals surface area (Å²) in [6, 6.07) is 5.68. The molecular formula is C32H36F8O. The SMILES string of the molecule is CCOCC(F)=C(F)c1ccc(C2CCC(CCC3CCC(c4cc(F)c(C(F)(F)F)c(F)c4)CC3)CC2)c(F)c1. The third-order valence-electron chi connectivity index (χ3n) is 8.86. The van der Waals surface area contributed by atoms with Gasteiger partial charge in [0.05, 0.1) is 0 Å². The van der Waals surface area contributed by atoms with Crippen LogP contribution in [0, 0.1) is 29.3 Å². The van der Waals surface area contributed by atoms with E-state index in [1.54, 1.807) is 13.0 Å². The number of halogens is 8. The number of ether oxygens (including phenoxy) is 1. The summed E-state index contributed by atoms with van der Waals surface area (Å²) in [4.78, 5) is 0. The molecule has 0 aromatic heterocycles. The molecule has 2 saturated carbocycles. The van der Waals surface area contributed by atoms with E-state index in [4.69, 9.17) is 4.74 Å². The fraction of sp³-hybridized carbons (Fsp3) is 0.562. The minimum atomic E-state index is -5.07. The van der Waals surface area contributed by atoms with E-state index >= 15 is 0 Å². The molecular weight excluding hydrogens is 552 g/mol. The van der Waals surface area contributed by atoms with Crippen LogP contribution in [-0.2, 0) is 10.9 Å². The number of benzene rings is 2. The lowest BCUT2D eigenvalue weighted by Gasteiger charge is -2.32. The zero-order chi connectivity index (χ0) is 29.7.